The van der Waals surface area contributed by atoms with Gasteiger partial charge in [-0.1, -0.05) is 0 Å². The Hall–Kier alpha value is 0.766. The van der Waals surface area contributed by atoms with Crippen LogP contribution in [0.15, 0.2) is 13.2 Å². The van der Waals surface area contributed by atoms with Gasteiger partial charge >= 0.3 is 0 Å². The summed E-state index contributed by atoms with van der Waals surface area (Å²) in [7, 11) is 0. The summed E-state index contributed by atoms with van der Waals surface area (Å²) in [6.07, 6.45) is 0. The average Bonchev–Trinajstić information content (AvgIpc) is 1.00. The first-order valence-electron chi connectivity index (χ1n) is 0.500. The van der Waals surface area contributed by atoms with Crippen LogP contribution in [0, 0.1) is 0 Å². The molecule has 1 radical (unpaired) electrons. The molecular weight excluding hydrogens is 139 g/mol. The molecule has 0 heterocycles. The summed E-state index contributed by atoms with van der Waals surface area (Å²) in [4.78, 5) is 0. The Labute approximate surface area is 47.3 Å². The van der Waals surface area contributed by atoms with Gasteiger partial charge < -0.3 is 0 Å². The van der Waals surface area contributed by atoms with Crippen molar-refractivity contribution in [2.45, 2.75) is 0 Å². The van der Waals surface area contributed by atoms with E-state index in [0.29, 0.717) is 0 Å². The van der Waals surface area contributed by atoms with Gasteiger partial charge in [0.1, 0.15) is 0 Å². The van der Waals surface area contributed by atoms with E-state index in [4.69, 9.17) is 0 Å². The minimum Gasteiger partial charge on any atom is -0.106 e. The maximum atomic E-state index is 3.00. The van der Waals surface area contributed by atoms with Crippen LogP contribution in [0.1, 0.15) is 0 Å². The van der Waals surface area contributed by atoms with Crippen molar-refractivity contribution in [2.75, 3.05) is 0 Å². The molecule has 0 amide bonds. The van der Waals surface area contributed by atoms with Gasteiger partial charge in [-0.05, 0) is 0 Å². The van der Waals surface area contributed by atoms with Crippen molar-refractivity contribution in [3.05, 3.63) is 13.2 Å². The van der Waals surface area contributed by atoms with Crippen molar-refractivity contribution < 1.29 is 33.8 Å². The second-order valence-electron chi connectivity index (χ2n) is 0. The Bertz CT molecular complexity index is 6.00. The molecule has 0 unspecified atom stereocenters. The molecule has 0 saturated heterocycles. The van der Waals surface area contributed by atoms with Gasteiger partial charge in [0.25, 0.3) is 0 Å². The largest absolute Gasteiger partial charge is 0.106 e. The molecular formula is C2H4CoFe. The molecule has 0 aromatic heterocycles. The third-order valence-corrected chi connectivity index (χ3v) is 0. The monoisotopic (exact) mass is 143 g/mol. The quantitative estimate of drug-likeness (QED) is 0.347. The van der Waals surface area contributed by atoms with Crippen molar-refractivity contribution >= 4 is 0 Å². The second-order valence-corrected chi connectivity index (χ2v) is 0. The number of hydrogen-bond donors (Lipinski definition) is 0. The smallest absolute Gasteiger partial charge is 0 e. The zero-order chi connectivity index (χ0) is 2.00. The van der Waals surface area contributed by atoms with Crippen LogP contribution in [-0.2, 0) is 33.8 Å². The molecule has 0 aromatic carbocycles. The molecule has 0 N–H and O–H groups in total. The molecule has 0 aliphatic heterocycles. The molecule has 2 heteroatoms. The molecule has 0 saturated carbocycles. The minimum absolute atomic E-state index is 0. The van der Waals surface area contributed by atoms with Crippen LogP contribution in [0.4, 0.5) is 0 Å². The molecule has 0 bridgehead atoms. The molecule has 0 nitrogen and oxygen atoms in total. The molecule has 0 aromatic rings. The van der Waals surface area contributed by atoms with E-state index in [1.165, 1.54) is 0 Å². The number of hydrogen-bond acceptors (Lipinski definition) is 0. The second kappa shape index (κ2) is 49.1. The van der Waals surface area contributed by atoms with E-state index < -0.39 is 0 Å². The van der Waals surface area contributed by atoms with Gasteiger partial charge in [-0.3, -0.25) is 0 Å². The van der Waals surface area contributed by atoms with Gasteiger partial charge in [0.2, 0.25) is 0 Å². The summed E-state index contributed by atoms with van der Waals surface area (Å²) >= 11 is 0. The summed E-state index contributed by atoms with van der Waals surface area (Å²) in [5.74, 6) is 0. The van der Waals surface area contributed by atoms with Crippen LogP contribution in [0.2, 0.25) is 0 Å². The number of rotatable bonds is 0. The van der Waals surface area contributed by atoms with Gasteiger partial charge in [0, 0.05) is 33.8 Å². The molecule has 0 aliphatic rings. The van der Waals surface area contributed by atoms with Crippen LogP contribution < -0.4 is 0 Å². The Balaban J connectivity index is -0.00000000500. The minimum atomic E-state index is 0. The van der Waals surface area contributed by atoms with E-state index in [1.807, 2.05) is 0 Å². The Morgan fingerprint density at radius 1 is 1.00 bits per heavy atom. The zero-order valence-electron chi connectivity index (χ0n) is 2.10. The summed E-state index contributed by atoms with van der Waals surface area (Å²) in [5.41, 5.74) is 0. The van der Waals surface area contributed by atoms with Crippen LogP contribution in [-0.4, -0.2) is 0 Å². The van der Waals surface area contributed by atoms with E-state index >= 15 is 0 Å². The van der Waals surface area contributed by atoms with Crippen molar-refractivity contribution in [3.63, 3.8) is 0 Å². The molecule has 29 valence electrons. The zero-order valence-corrected chi connectivity index (χ0v) is 4.25. The summed E-state index contributed by atoms with van der Waals surface area (Å²) < 4.78 is 0. The maximum absolute atomic E-state index is 3.00. The van der Waals surface area contributed by atoms with Gasteiger partial charge in [-0.15, -0.1) is 13.2 Å². The van der Waals surface area contributed by atoms with E-state index in [0.717, 1.165) is 0 Å². The Kier molecular flexibility index (Phi) is 266. The molecule has 0 aliphatic carbocycles. The average molecular weight is 143 g/mol. The van der Waals surface area contributed by atoms with E-state index in [9.17, 15) is 0 Å². The first-order chi connectivity index (χ1) is 1.00. The summed E-state index contributed by atoms with van der Waals surface area (Å²) in [6, 6.07) is 0. The van der Waals surface area contributed by atoms with Crippen molar-refractivity contribution in [1.82, 2.24) is 0 Å². The Morgan fingerprint density at radius 3 is 1.00 bits per heavy atom. The van der Waals surface area contributed by atoms with Crippen molar-refractivity contribution in [3.8, 4) is 0 Å². The standard InChI is InChI=1S/C2H4.Co.Fe/c1-2;;/h1-2H2;;. The summed E-state index contributed by atoms with van der Waals surface area (Å²) in [6.45, 7) is 6.00. The SMILES string of the molecule is C=C.[Co].[Fe]. The van der Waals surface area contributed by atoms with Crippen LogP contribution >= 0.6 is 0 Å². The predicted octanol–water partition coefficient (Wildman–Crippen LogP) is 0.797. The van der Waals surface area contributed by atoms with E-state index in [-0.39, 0.29) is 33.8 Å². The van der Waals surface area contributed by atoms with Gasteiger partial charge in [0.05, 0.1) is 0 Å². The third kappa shape index (κ3) is 14.7. The normalized spacial score (nSPS) is 1.00. The Morgan fingerprint density at radius 2 is 1.00 bits per heavy atom. The first kappa shape index (κ1) is 21.7. The van der Waals surface area contributed by atoms with Crippen LogP contribution in [0.3, 0.4) is 0 Å². The van der Waals surface area contributed by atoms with Crippen molar-refractivity contribution in [2.24, 2.45) is 0 Å². The first-order valence-corrected chi connectivity index (χ1v) is 0.500. The molecule has 0 atom stereocenters. The maximum Gasteiger partial charge on any atom is 0 e. The molecule has 0 fully saturated rings. The third-order valence-electron chi connectivity index (χ3n) is 0. The van der Waals surface area contributed by atoms with Crippen LogP contribution in [0.25, 0.3) is 0 Å². The van der Waals surface area contributed by atoms with Gasteiger partial charge in [0.15, 0.2) is 0 Å². The fraction of sp³-hybridized carbons (Fsp3) is 0. The van der Waals surface area contributed by atoms with E-state index in [1.54, 1.807) is 0 Å². The molecule has 4 heavy (non-hydrogen) atoms. The predicted molar refractivity (Wildman–Crippen MR) is 11.3 cm³/mol. The van der Waals surface area contributed by atoms with Crippen molar-refractivity contribution in [1.29, 1.82) is 0 Å². The van der Waals surface area contributed by atoms with Crippen LogP contribution in [0.5, 0.6) is 0 Å². The molecule has 0 spiro atoms. The fourth-order valence-electron chi connectivity index (χ4n) is 0. The summed E-state index contributed by atoms with van der Waals surface area (Å²) in [5, 5.41) is 0. The van der Waals surface area contributed by atoms with Gasteiger partial charge in [-0.2, -0.15) is 0 Å². The molecule has 0 rings (SSSR count). The fourth-order valence-corrected chi connectivity index (χ4v) is 0. The van der Waals surface area contributed by atoms with E-state index in [2.05, 4.69) is 13.2 Å². The topological polar surface area (TPSA) is 0 Å². The van der Waals surface area contributed by atoms with Gasteiger partial charge in [-0.25, -0.2) is 0 Å².